The molecule has 1 aliphatic heterocycles. The van der Waals surface area contributed by atoms with Crippen LogP contribution < -0.4 is 10.2 Å². The molecule has 2 amide bonds. The zero-order valence-corrected chi connectivity index (χ0v) is 17.4. The summed E-state index contributed by atoms with van der Waals surface area (Å²) < 4.78 is 0. The average Bonchev–Trinajstić information content (AvgIpc) is 3.15. The Morgan fingerprint density at radius 1 is 1.17 bits per heavy atom. The lowest BCUT2D eigenvalue weighted by atomic mass is 9.87. The Morgan fingerprint density at radius 3 is 2.76 bits per heavy atom. The zero-order valence-electron chi connectivity index (χ0n) is 17.4. The lowest BCUT2D eigenvalue weighted by Crippen LogP contribution is -2.37. The van der Waals surface area contributed by atoms with Gasteiger partial charge in [-0.1, -0.05) is 56.3 Å². The van der Waals surface area contributed by atoms with Crippen molar-refractivity contribution in [3.8, 4) is 0 Å². The highest BCUT2D eigenvalue weighted by molar-refractivity contribution is 6.01. The Balaban J connectivity index is 1.49. The Morgan fingerprint density at radius 2 is 1.93 bits per heavy atom. The number of nitrogens with one attached hydrogen (secondary N) is 1. The van der Waals surface area contributed by atoms with E-state index in [1.54, 1.807) is 0 Å². The first kappa shape index (κ1) is 19.7. The molecule has 152 valence electrons. The molecule has 0 saturated carbocycles. The van der Waals surface area contributed by atoms with Crippen molar-refractivity contribution in [3.63, 3.8) is 0 Å². The SMILES string of the molecule is CC[C@@H](C)c1ccccc1N1C[C@@H](C(=O)N[C@@H]2CCCc3ccccc32)CC1=O. The summed E-state index contributed by atoms with van der Waals surface area (Å²) in [6, 6.07) is 16.5. The molecule has 1 aliphatic carbocycles. The fourth-order valence-electron chi connectivity index (χ4n) is 4.68. The van der Waals surface area contributed by atoms with E-state index in [4.69, 9.17) is 0 Å². The first-order valence-corrected chi connectivity index (χ1v) is 10.9. The maximum atomic E-state index is 13.0. The predicted octanol–water partition coefficient (Wildman–Crippen LogP) is 4.75. The van der Waals surface area contributed by atoms with Crippen molar-refractivity contribution in [2.75, 3.05) is 11.4 Å². The number of para-hydroxylation sites is 1. The number of aryl methyl sites for hydroxylation is 1. The number of nitrogens with zero attached hydrogens (tertiary/aromatic N) is 1. The molecular weight excluding hydrogens is 360 g/mol. The number of hydrogen-bond acceptors (Lipinski definition) is 2. The standard InChI is InChI=1S/C25H30N2O2/c1-3-17(2)20-11-6-7-14-23(20)27-16-19(15-24(27)28)25(29)26-22-13-8-10-18-9-4-5-12-21(18)22/h4-7,9,11-12,14,17,19,22H,3,8,10,13,15-16H2,1-2H3,(H,26,29)/t17-,19+,22-/m1/s1. The number of anilines is 1. The topological polar surface area (TPSA) is 49.4 Å². The first-order chi connectivity index (χ1) is 14.1. The zero-order chi connectivity index (χ0) is 20.4. The number of rotatable bonds is 5. The molecule has 4 rings (SSSR count). The van der Waals surface area contributed by atoms with Crippen LogP contribution in [0.1, 0.15) is 68.2 Å². The highest BCUT2D eigenvalue weighted by Gasteiger charge is 2.37. The van der Waals surface area contributed by atoms with Crippen LogP contribution in [-0.4, -0.2) is 18.4 Å². The van der Waals surface area contributed by atoms with E-state index in [-0.39, 0.29) is 30.2 Å². The number of carbonyl (C=O) groups is 2. The summed E-state index contributed by atoms with van der Waals surface area (Å²) in [7, 11) is 0. The quantitative estimate of drug-likeness (QED) is 0.801. The van der Waals surface area contributed by atoms with Gasteiger partial charge in [0.25, 0.3) is 0 Å². The summed E-state index contributed by atoms with van der Waals surface area (Å²) >= 11 is 0. The molecule has 3 atom stereocenters. The van der Waals surface area contributed by atoms with E-state index in [1.165, 1.54) is 16.7 Å². The Bertz CT molecular complexity index is 907. The fraction of sp³-hybridized carbons (Fsp3) is 0.440. The molecule has 2 aliphatic rings. The van der Waals surface area contributed by atoms with Gasteiger partial charge in [-0.05, 0) is 54.4 Å². The van der Waals surface area contributed by atoms with Gasteiger partial charge in [0.05, 0.1) is 12.0 Å². The summed E-state index contributed by atoms with van der Waals surface area (Å²) in [4.78, 5) is 27.6. The molecule has 0 bridgehead atoms. The van der Waals surface area contributed by atoms with Crippen LogP contribution in [0.15, 0.2) is 48.5 Å². The fourth-order valence-corrected chi connectivity index (χ4v) is 4.68. The molecule has 1 heterocycles. The van der Waals surface area contributed by atoms with Crippen molar-refractivity contribution in [1.29, 1.82) is 0 Å². The molecule has 1 fully saturated rings. The van der Waals surface area contributed by atoms with Gasteiger partial charge in [0.2, 0.25) is 11.8 Å². The second-order valence-electron chi connectivity index (χ2n) is 8.43. The molecule has 1 N–H and O–H groups in total. The van der Waals surface area contributed by atoms with Gasteiger partial charge in [-0.2, -0.15) is 0 Å². The third-order valence-electron chi connectivity index (χ3n) is 6.55. The molecule has 0 unspecified atom stereocenters. The number of hydrogen-bond donors (Lipinski definition) is 1. The highest BCUT2D eigenvalue weighted by Crippen LogP contribution is 2.34. The van der Waals surface area contributed by atoms with Crippen molar-refractivity contribution in [2.45, 2.75) is 57.9 Å². The van der Waals surface area contributed by atoms with Crippen LogP contribution in [0.5, 0.6) is 0 Å². The predicted molar refractivity (Wildman–Crippen MR) is 116 cm³/mol. The molecule has 2 aromatic carbocycles. The third kappa shape index (κ3) is 3.93. The van der Waals surface area contributed by atoms with E-state index < -0.39 is 0 Å². The van der Waals surface area contributed by atoms with Gasteiger partial charge in [-0.15, -0.1) is 0 Å². The van der Waals surface area contributed by atoms with Gasteiger partial charge in [0.15, 0.2) is 0 Å². The van der Waals surface area contributed by atoms with Crippen LogP contribution in [0.25, 0.3) is 0 Å². The Kier molecular flexibility index (Phi) is 5.70. The summed E-state index contributed by atoms with van der Waals surface area (Å²) in [5.74, 6) is 0.140. The van der Waals surface area contributed by atoms with Crippen LogP contribution in [0.3, 0.4) is 0 Å². The molecule has 2 aromatic rings. The monoisotopic (exact) mass is 390 g/mol. The minimum Gasteiger partial charge on any atom is -0.349 e. The van der Waals surface area contributed by atoms with Crippen LogP contribution in [0, 0.1) is 5.92 Å². The molecule has 0 radical (unpaired) electrons. The second kappa shape index (κ2) is 8.40. The lowest BCUT2D eigenvalue weighted by molar-refractivity contribution is -0.127. The summed E-state index contributed by atoms with van der Waals surface area (Å²) in [6.07, 6.45) is 4.42. The van der Waals surface area contributed by atoms with E-state index in [2.05, 4.69) is 43.4 Å². The maximum Gasteiger partial charge on any atom is 0.227 e. The van der Waals surface area contributed by atoms with Crippen molar-refractivity contribution in [1.82, 2.24) is 5.32 Å². The third-order valence-corrected chi connectivity index (χ3v) is 6.55. The first-order valence-electron chi connectivity index (χ1n) is 10.9. The molecule has 1 saturated heterocycles. The Hall–Kier alpha value is -2.62. The molecule has 4 nitrogen and oxygen atoms in total. The summed E-state index contributed by atoms with van der Waals surface area (Å²) in [5.41, 5.74) is 4.71. The van der Waals surface area contributed by atoms with Crippen LogP contribution in [0.2, 0.25) is 0 Å². The molecule has 4 heteroatoms. The Labute approximate surface area is 173 Å². The van der Waals surface area contributed by atoms with Gasteiger partial charge in [0.1, 0.15) is 0 Å². The van der Waals surface area contributed by atoms with E-state index in [0.717, 1.165) is 31.4 Å². The molecule has 29 heavy (non-hydrogen) atoms. The van der Waals surface area contributed by atoms with Gasteiger partial charge in [-0.3, -0.25) is 9.59 Å². The van der Waals surface area contributed by atoms with E-state index in [0.29, 0.717) is 12.5 Å². The molecule has 0 aromatic heterocycles. The van der Waals surface area contributed by atoms with Gasteiger partial charge in [0, 0.05) is 18.7 Å². The van der Waals surface area contributed by atoms with E-state index in [9.17, 15) is 9.59 Å². The number of amides is 2. The van der Waals surface area contributed by atoms with Crippen molar-refractivity contribution in [2.24, 2.45) is 5.92 Å². The van der Waals surface area contributed by atoms with Gasteiger partial charge < -0.3 is 10.2 Å². The van der Waals surface area contributed by atoms with Gasteiger partial charge in [-0.25, -0.2) is 0 Å². The average molecular weight is 391 g/mol. The molecule has 0 spiro atoms. The van der Waals surface area contributed by atoms with E-state index in [1.807, 2.05) is 29.2 Å². The summed E-state index contributed by atoms with van der Waals surface area (Å²) in [5, 5.41) is 3.24. The summed E-state index contributed by atoms with van der Waals surface area (Å²) in [6.45, 7) is 4.81. The minimum atomic E-state index is -0.290. The second-order valence-corrected chi connectivity index (χ2v) is 8.43. The van der Waals surface area contributed by atoms with Crippen LogP contribution >= 0.6 is 0 Å². The van der Waals surface area contributed by atoms with E-state index >= 15 is 0 Å². The van der Waals surface area contributed by atoms with Crippen LogP contribution in [-0.2, 0) is 16.0 Å². The maximum absolute atomic E-state index is 13.0. The van der Waals surface area contributed by atoms with Crippen molar-refractivity contribution in [3.05, 3.63) is 65.2 Å². The normalized spacial score (nSPS) is 22.3. The van der Waals surface area contributed by atoms with Crippen molar-refractivity contribution < 1.29 is 9.59 Å². The van der Waals surface area contributed by atoms with Crippen molar-refractivity contribution >= 4 is 17.5 Å². The lowest BCUT2D eigenvalue weighted by Gasteiger charge is -2.27. The largest absolute Gasteiger partial charge is 0.349 e. The smallest absolute Gasteiger partial charge is 0.227 e. The van der Waals surface area contributed by atoms with Gasteiger partial charge >= 0.3 is 0 Å². The number of carbonyl (C=O) groups excluding carboxylic acids is 2. The highest BCUT2D eigenvalue weighted by atomic mass is 16.2. The van der Waals surface area contributed by atoms with Crippen LogP contribution in [0.4, 0.5) is 5.69 Å². The number of benzene rings is 2. The number of fused-ring (bicyclic) bond motifs is 1. The molecular formula is C25H30N2O2. The minimum absolute atomic E-state index is 0.00331.